The second-order valence-corrected chi connectivity index (χ2v) is 14.0. The molecule has 2 aromatic carbocycles. The van der Waals surface area contributed by atoms with Crippen LogP contribution in [0.2, 0.25) is 0 Å². The number of amides is 1. The van der Waals surface area contributed by atoms with E-state index >= 15 is 4.39 Å². The Kier molecular flexibility index (Phi) is 8.53. The first-order valence-electron chi connectivity index (χ1n) is 10.9. The number of ether oxygens (including phenoxy) is 1. The van der Waals surface area contributed by atoms with Crippen LogP contribution in [0.1, 0.15) is 47.5 Å². The quantitative estimate of drug-likeness (QED) is 0.512. The fourth-order valence-corrected chi connectivity index (χ4v) is 7.75. The Labute approximate surface area is 201 Å². The van der Waals surface area contributed by atoms with Gasteiger partial charge in [0.05, 0.1) is 9.79 Å². The van der Waals surface area contributed by atoms with Gasteiger partial charge in [-0.15, -0.1) is 0 Å². The number of carbonyl (C=O) groups is 1. The molecule has 0 aliphatic carbocycles. The molecule has 1 atom stereocenters. The summed E-state index contributed by atoms with van der Waals surface area (Å²) in [5.41, 5.74) is -0.856. The van der Waals surface area contributed by atoms with Crippen molar-refractivity contribution in [1.29, 1.82) is 0 Å². The normalized spacial score (nSPS) is 14.0. The zero-order valence-corrected chi connectivity index (χ0v) is 21.6. The number of hydrogen-bond acceptors (Lipinski definition) is 6. The van der Waals surface area contributed by atoms with Crippen LogP contribution >= 0.6 is 0 Å². The summed E-state index contributed by atoms with van der Waals surface area (Å²) in [6.45, 7) is 8.51. The van der Waals surface area contributed by atoms with Gasteiger partial charge in [-0.05, 0) is 57.4 Å². The van der Waals surface area contributed by atoms with E-state index in [0.717, 1.165) is 24.3 Å². The smallest absolute Gasteiger partial charge is 0.407 e. The summed E-state index contributed by atoms with van der Waals surface area (Å²) in [5, 5.41) is 2.48. The predicted molar refractivity (Wildman–Crippen MR) is 128 cm³/mol. The molecule has 0 saturated heterocycles. The lowest BCUT2D eigenvalue weighted by atomic mass is 10.0. The highest BCUT2D eigenvalue weighted by Gasteiger charge is 2.58. The monoisotopic (exact) mass is 513 g/mol. The molecule has 0 aromatic heterocycles. The van der Waals surface area contributed by atoms with Gasteiger partial charge in [0.15, 0.2) is 0 Å². The summed E-state index contributed by atoms with van der Waals surface area (Å²) >= 11 is 0. The van der Waals surface area contributed by atoms with E-state index in [2.05, 4.69) is 5.32 Å². The topological polar surface area (TPSA) is 107 Å². The Bertz CT molecular complexity index is 1110. The summed E-state index contributed by atoms with van der Waals surface area (Å²) in [5.74, 6) is -0.108. The van der Waals surface area contributed by atoms with E-state index in [-0.39, 0.29) is 12.3 Å². The van der Waals surface area contributed by atoms with E-state index in [1.807, 2.05) is 0 Å². The average Bonchev–Trinajstić information content (AvgIpc) is 2.72. The Balaban J connectivity index is 2.63. The molecule has 1 N–H and O–H groups in total. The molecule has 0 bridgehead atoms. The Morgan fingerprint density at radius 1 is 0.882 bits per heavy atom. The number of alkyl carbamates (subject to hydrolysis) is 1. The largest absolute Gasteiger partial charge is 0.444 e. The summed E-state index contributed by atoms with van der Waals surface area (Å²) in [4.78, 5) is 11.5. The maximum absolute atomic E-state index is 16.8. The van der Waals surface area contributed by atoms with Gasteiger partial charge in [0.1, 0.15) is 5.60 Å². The van der Waals surface area contributed by atoms with Crippen LogP contribution in [0, 0.1) is 5.92 Å². The van der Waals surface area contributed by atoms with Gasteiger partial charge >= 0.3 is 10.4 Å². The molecule has 0 heterocycles. The van der Waals surface area contributed by atoms with Gasteiger partial charge in [-0.3, -0.25) is 0 Å². The van der Waals surface area contributed by atoms with Crippen molar-refractivity contribution in [2.24, 2.45) is 5.92 Å². The molecule has 0 saturated carbocycles. The predicted octanol–water partition coefficient (Wildman–Crippen LogP) is 4.89. The van der Waals surface area contributed by atoms with Crippen LogP contribution in [0.5, 0.6) is 0 Å². The van der Waals surface area contributed by atoms with Crippen LogP contribution in [-0.4, -0.2) is 38.9 Å². The Morgan fingerprint density at radius 3 is 1.65 bits per heavy atom. The third-order valence-electron chi connectivity index (χ3n) is 4.88. The minimum Gasteiger partial charge on any atom is -0.444 e. The number of halogens is 1. The average molecular weight is 514 g/mol. The van der Waals surface area contributed by atoms with Gasteiger partial charge in [-0.1, -0.05) is 50.2 Å². The molecule has 1 unspecified atom stereocenters. The van der Waals surface area contributed by atoms with E-state index in [9.17, 15) is 21.6 Å². The highest BCUT2D eigenvalue weighted by Crippen LogP contribution is 2.41. The van der Waals surface area contributed by atoms with Crippen LogP contribution in [0.25, 0.3) is 0 Å². The van der Waals surface area contributed by atoms with Crippen LogP contribution in [0.15, 0.2) is 70.5 Å². The summed E-state index contributed by atoms with van der Waals surface area (Å²) in [6, 6.07) is 12.0. The van der Waals surface area contributed by atoms with Crippen molar-refractivity contribution in [3.8, 4) is 0 Å². The highest BCUT2D eigenvalue weighted by atomic mass is 32.3. The van der Waals surface area contributed by atoms with Gasteiger partial charge in [0, 0.05) is 12.5 Å². The van der Waals surface area contributed by atoms with E-state index in [0.29, 0.717) is 0 Å². The molecule has 0 aliphatic rings. The zero-order chi connectivity index (χ0) is 25.8. The van der Waals surface area contributed by atoms with E-state index < -0.39 is 58.0 Å². The summed E-state index contributed by atoms with van der Waals surface area (Å²) in [6.07, 6.45) is -1.78. The first-order chi connectivity index (χ1) is 15.6. The van der Waals surface area contributed by atoms with Crippen molar-refractivity contribution in [2.75, 3.05) is 0 Å². The number of hydrogen-bond donors (Lipinski definition) is 1. The number of rotatable bonds is 9. The maximum Gasteiger partial charge on any atom is 0.407 e. The van der Waals surface area contributed by atoms with Gasteiger partial charge in [0.25, 0.3) is 0 Å². The third kappa shape index (κ3) is 6.35. The molecule has 7 nitrogen and oxygen atoms in total. The van der Waals surface area contributed by atoms with Crippen molar-refractivity contribution in [2.45, 2.75) is 73.2 Å². The lowest BCUT2D eigenvalue weighted by molar-refractivity contribution is 0.0489. The second-order valence-electron chi connectivity index (χ2n) is 9.47. The molecule has 0 radical (unpaired) electrons. The molecule has 34 heavy (non-hydrogen) atoms. The molecule has 0 spiro atoms. The number of carbonyl (C=O) groups excluding carboxylic acids is 1. The van der Waals surface area contributed by atoms with E-state index in [1.165, 1.54) is 36.4 Å². The number of sulfone groups is 2. The van der Waals surface area contributed by atoms with Crippen LogP contribution < -0.4 is 5.32 Å². The Morgan fingerprint density at radius 2 is 1.29 bits per heavy atom. The molecule has 1 amide bonds. The minimum absolute atomic E-state index is 0.108. The fraction of sp³-hybridized carbons (Fsp3) is 0.458. The van der Waals surface area contributed by atoms with Gasteiger partial charge < -0.3 is 10.1 Å². The van der Waals surface area contributed by atoms with Crippen LogP contribution in [-0.2, 0) is 24.4 Å². The molecular weight excluding hydrogens is 481 g/mol. The van der Waals surface area contributed by atoms with Crippen molar-refractivity contribution in [3.05, 3.63) is 60.7 Å². The SMILES string of the molecule is CC(C)CC(CC(F)(S(=O)(=O)c1ccccc1)S(=O)(=O)c1ccccc1)NC(=O)OC(C)(C)C. The number of nitrogens with one attached hydrogen (secondary N) is 1. The first-order valence-corrected chi connectivity index (χ1v) is 13.8. The van der Waals surface area contributed by atoms with Crippen molar-refractivity contribution in [1.82, 2.24) is 5.32 Å². The molecule has 188 valence electrons. The number of alkyl halides is 1. The number of benzene rings is 2. The Hall–Kier alpha value is -2.46. The molecular formula is C24H32FNO6S2. The minimum atomic E-state index is -5.05. The molecule has 2 rings (SSSR count). The van der Waals surface area contributed by atoms with Gasteiger partial charge in [-0.25, -0.2) is 26.0 Å². The second kappa shape index (κ2) is 10.4. The third-order valence-corrected chi connectivity index (χ3v) is 9.92. The van der Waals surface area contributed by atoms with Gasteiger partial charge in [0.2, 0.25) is 19.7 Å². The lowest BCUT2D eigenvalue weighted by Gasteiger charge is -2.31. The first kappa shape index (κ1) is 27.8. The van der Waals surface area contributed by atoms with E-state index in [4.69, 9.17) is 4.74 Å². The molecule has 2 aromatic rings. The molecule has 0 aliphatic heterocycles. The lowest BCUT2D eigenvalue weighted by Crippen LogP contribution is -2.49. The van der Waals surface area contributed by atoms with Crippen molar-refractivity contribution < 1.29 is 30.8 Å². The van der Waals surface area contributed by atoms with Crippen molar-refractivity contribution in [3.63, 3.8) is 0 Å². The van der Waals surface area contributed by atoms with Crippen LogP contribution in [0.4, 0.5) is 9.18 Å². The summed E-state index contributed by atoms with van der Waals surface area (Å²) in [7, 11) is -10.1. The standard InChI is InChI=1S/C24H32FNO6S2/c1-18(2)16-19(26-22(27)32-23(3,4)5)17-24(25,33(28,29)20-12-8-6-9-13-20)34(30,31)21-14-10-7-11-15-21/h6-15,18-19H,16-17H2,1-5H3,(H,26,27). The maximum atomic E-state index is 16.8. The molecule has 10 heteroatoms. The highest BCUT2D eigenvalue weighted by molar-refractivity contribution is 8.10. The van der Waals surface area contributed by atoms with E-state index in [1.54, 1.807) is 34.6 Å². The zero-order valence-electron chi connectivity index (χ0n) is 20.0. The van der Waals surface area contributed by atoms with Crippen molar-refractivity contribution >= 4 is 25.8 Å². The fourth-order valence-electron chi connectivity index (χ4n) is 3.45. The molecule has 0 fully saturated rings. The summed E-state index contributed by atoms with van der Waals surface area (Å²) < 4.78 is 72.4. The van der Waals surface area contributed by atoms with Gasteiger partial charge in [-0.2, -0.15) is 0 Å². The van der Waals surface area contributed by atoms with Crippen LogP contribution in [0.3, 0.4) is 0 Å².